The summed E-state index contributed by atoms with van der Waals surface area (Å²) in [5.41, 5.74) is 4.20. The van der Waals surface area contributed by atoms with Gasteiger partial charge in [0.05, 0.1) is 5.60 Å². The Hall–Kier alpha value is -0.610. The molecule has 2 unspecified atom stereocenters. The molecule has 16 heavy (non-hydrogen) atoms. The summed E-state index contributed by atoms with van der Waals surface area (Å²) in [6, 6.07) is 0. The van der Waals surface area contributed by atoms with E-state index in [1.807, 2.05) is 20.8 Å². The van der Waals surface area contributed by atoms with Gasteiger partial charge in [-0.2, -0.15) is 0 Å². The van der Waals surface area contributed by atoms with Gasteiger partial charge in [0.25, 0.3) is 0 Å². The first-order valence-electron chi connectivity index (χ1n) is 5.90. The van der Waals surface area contributed by atoms with Crippen LogP contribution in [0.15, 0.2) is 0 Å². The van der Waals surface area contributed by atoms with Gasteiger partial charge in [0.15, 0.2) is 0 Å². The van der Waals surface area contributed by atoms with Crippen LogP contribution in [-0.2, 0) is 9.53 Å². The van der Waals surface area contributed by atoms with Gasteiger partial charge in [-0.25, -0.2) is 0 Å². The molecular formula is C12H23NO3. The van der Waals surface area contributed by atoms with Gasteiger partial charge in [-0.05, 0) is 52.4 Å². The van der Waals surface area contributed by atoms with Crippen molar-refractivity contribution in [2.75, 3.05) is 6.61 Å². The third kappa shape index (κ3) is 3.19. The lowest BCUT2D eigenvalue weighted by molar-refractivity contribution is -0.177. The van der Waals surface area contributed by atoms with E-state index in [1.54, 1.807) is 0 Å². The molecule has 0 aromatic carbocycles. The van der Waals surface area contributed by atoms with Gasteiger partial charge in [-0.3, -0.25) is 4.79 Å². The zero-order valence-electron chi connectivity index (χ0n) is 10.5. The van der Waals surface area contributed by atoms with E-state index in [1.165, 1.54) is 0 Å². The Morgan fingerprint density at radius 1 is 1.56 bits per heavy atom. The SMILES string of the molecule is CC(C)(C)OC1(C(N)=O)CCCC(CO)C1. The van der Waals surface area contributed by atoms with E-state index >= 15 is 0 Å². The molecule has 94 valence electrons. The Balaban J connectivity index is 2.84. The van der Waals surface area contributed by atoms with Crippen LogP contribution >= 0.6 is 0 Å². The maximum Gasteiger partial charge on any atom is 0.249 e. The second kappa shape index (κ2) is 4.72. The molecule has 0 aromatic heterocycles. The molecule has 0 heterocycles. The van der Waals surface area contributed by atoms with Crippen molar-refractivity contribution < 1.29 is 14.6 Å². The van der Waals surface area contributed by atoms with Crippen LogP contribution < -0.4 is 5.73 Å². The van der Waals surface area contributed by atoms with Gasteiger partial charge >= 0.3 is 0 Å². The molecule has 4 nitrogen and oxygen atoms in total. The van der Waals surface area contributed by atoms with E-state index in [9.17, 15) is 9.90 Å². The molecule has 0 saturated heterocycles. The van der Waals surface area contributed by atoms with E-state index in [-0.39, 0.29) is 12.5 Å². The molecule has 1 aliphatic rings. The van der Waals surface area contributed by atoms with Crippen LogP contribution in [-0.4, -0.2) is 28.8 Å². The van der Waals surface area contributed by atoms with Crippen LogP contribution in [0.2, 0.25) is 0 Å². The van der Waals surface area contributed by atoms with Crippen molar-refractivity contribution in [3.05, 3.63) is 0 Å². The fraction of sp³-hybridized carbons (Fsp3) is 0.917. The summed E-state index contributed by atoms with van der Waals surface area (Å²) >= 11 is 0. The molecule has 2 atom stereocenters. The minimum Gasteiger partial charge on any atom is -0.396 e. The number of aliphatic hydroxyl groups excluding tert-OH is 1. The zero-order valence-corrected chi connectivity index (χ0v) is 10.5. The second-order valence-electron chi connectivity index (χ2n) is 5.72. The van der Waals surface area contributed by atoms with Crippen LogP contribution in [0.5, 0.6) is 0 Å². The van der Waals surface area contributed by atoms with Crippen molar-refractivity contribution in [3.63, 3.8) is 0 Å². The first-order chi connectivity index (χ1) is 7.29. The molecule has 0 aliphatic heterocycles. The standard InChI is InChI=1S/C12H23NO3/c1-11(2,3)16-12(10(13)15)6-4-5-9(7-12)8-14/h9,14H,4-8H2,1-3H3,(H2,13,15). The number of hydrogen-bond donors (Lipinski definition) is 2. The van der Waals surface area contributed by atoms with Crippen LogP contribution in [0.25, 0.3) is 0 Å². The summed E-state index contributed by atoms with van der Waals surface area (Å²) < 4.78 is 5.87. The lowest BCUT2D eigenvalue weighted by Gasteiger charge is -2.42. The number of hydrogen-bond acceptors (Lipinski definition) is 3. The lowest BCUT2D eigenvalue weighted by atomic mass is 9.77. The second-order valence-corrected chi connectivity index (χ2v) is 5.72. The molecule has 0 bridgehead atoms. The van der Waals surface area contributed by atoms with Gasteiger partial charge < -0.3 is 15.6 Å². The topological polar surface area (TPSA) is 72.5 Å². The number of nitrogens with two attached hydrogens (primary N) is 1. The molecular weight excluding hydrogens is 206 g/mol. The average molecular weight is 229 g/mol. The monoisotopic (exact) mass is 229 g/mol. The van der Waals surface area contributed by atoms with E-state index in [0.29, 0.717) is 12.8 Å². The zero-order chi connectivity index (χ0) is 12.4. The minimum absolute atomic E-state index is 0.0997. The molecule has 1 saturated carbocycles. The third-order valence-corrected chi connectivity index (χ3v) is 3.02. The number of amides is 1. The smallest absolute Gasteiger partial charge is 0.249 e. The van der Waals surface area contributed by atoms with E-state index in [0.717, 1.165) is 12.8 Å². The Bertz CT molecular complexity index is 259. The number of carbonyl (C=O) groups is 1. The summed E-state index contributed by atoms with van der Waals surface area (Å²) in [6.45, 7) is 5.85. The minimum atomic E-state index is -0.885. The van der Waals surface area contributed by atoms with Crippen molar-refractivity contribution >= 4 is 5.91 Å². The fourth-order valence-electron chi connectivity index (χ4n) is 2.46. The van der Waals surface area contributed by atoms with Gasteiger partial charge in [0.2, 0.25) is 5.91 Å². The van der Waals surface area contributed by atoms with E-state index in [2.05, 4.69) is 0 Å². The van der Waals surface area contributed by atoms with Crippen LogP contribution in [0, 0.1) is 5.92 Å². The number of primary amides is 1. The highest BCUT2D eigenvalue weighted by atomic mass is 16.5. The molecule has 0 radical (unpaired) electrons. The molecule has 1 fully saturated rings. The number of ether oxygens (including phenoxy) is 1. The number of aliphatic hydroxyl groups is 1. The predicted molar refractivity (Wildman–Crippen MR) is 61.8 cm³/mol. The lowest BCUT2D eigenvalue weighted by Crippen LogP contribution is -2.53. The van der Waals surface area contributed by atoms with Gasteiger partial charge in [0.1, 0.15) is 5.60 Å². The number of carbonyl (C=O) groups excluding carboxylic acids is 1. The van der Waals surface area contributed by atoms with Crippen molar-refractivity contribution in [2.24, 2.45) is 11.7 Å². The molecule has 1 rings (SSSR count). The van der Waals surface area contributed by atoms with E-state index < -0.39 is 17.1 Å². The summed E-state index contributed by atoms with van der Waals surface area (Å²) in [4.78, 5) is 11.6. The van der Waals surface area contributed by atoms with Crippen molar-refractivity contribution in [1.29, 1.82) is 0 Å². The van der Waals surface area contributed by atoms with Gasteiger partial charge in [-0.15, -0.1) is 0 Å². The quantitative estimate of drug-likeness (QED) is 0.764. The van der Waals surface area contributed by atoms with Gasteiger partial charge in [-0.1, -0.05) is 0 Å². The third-order valence-electron chi connectivity index (χ3n) is 3.02. The molecule has 1 amide bonds. The maximum absolute atomic E-state index is 11.6. The van der Waals surface area contributed by atoms with Crippen molar-refractivity contribution in [2.45, 2.75) is 57.7 Å². The molecule has 0 spiro atoms. The summed E-state index contributed by atoms with van der Waals surface area (Å²) in [5.74, 6) is -0.274. The van der Waals surface area contributed by atoms with Crippen molar-refractivity contribution in [1.82, 2.24) is 0 Å². The fourth-order valence-corrected chi connectivity index (χ4v) is 2.46. The summed E-state index contributed by atoms with van der Waals surface area (Å²) in [6.07, 6.45) is 3.02. The molecule has 3 N–H and O–H groups in total. The molecule has 4 heteroatoms. The first-order valence-corrected chi connectivity index (χ1v) is 5.90. The molecule has 1 aliphatic carbocycles. The first kappa shape index (κ1) is 13.5. The predicted octanol–water partition coefficient (Wildman–Crippen LogP) is 1.21. The maximum atomic E-state index is 11.6. The van der Waals surface area contributed by atoms with Crippen LogP contribution in [0.3, 0.4) is 0 Å². The normalized spacial score (nSPS) is 31.4. The summed E-state index contributed by atoms with van der Waals surface area (Å²) in [5, 5.41) is 9.20. The highest BCUT2D eigenvalue weighted by Gasteiger charge is 2.44. The highest BCUT2D eigenvalue weighted by molar-refractivity contribution is 5.83. The Kier molecular flexibility index (Phi) is 3.97. The molecule has 0 aromatic rings. The van der Waals surface area contributed by atoms with Crippen LogP contribution in [0.4, 0.5) is 0 Å². The van der Waals surface area contributed by atoms with Crippen molar-refractivity contribution in [3.8, 4) is 0 Å². The number of rotatable bonds is 3. The Labute approximate surface area is 97.2 Å². The average Bonchev–Trinajstić information content (AvgIpc) is 2.15. The largest absolute Gasteiger partial charge is 0.396 e. The Morgan fingerprint density at radius 3 is 2.62 bits per heavy atom. The van der Waals surface area contributed by atoms with E-state index in [4.69, 9.17) is 10.5 Å². The Morgan fingerprint density at radius 2 is 2.19 bits per heavy atom. The highest BCUT2D eigenvalue weighted by Crippen LogP contribution is 2.37. The summed E-state index contributed by atoms with van der Waals surface area (Å²) in [7, 11) is 0. The van der Waals surface area contributed by atoms with Crippen LogP contribution in [0.1, 0.15) is 46.5 Å². The van der Waals surface area contributed by atoms with Gasteiger partial charge in [0, 0.05) is 6.61 Å².